The van der Waals surface area contributed by atoms with Crippen molar-refractivity contribution in [2.45, 2.75) is 69.4 Å². The van der Waals surface area contributed by atoms with Gasteiger partial charge in [-0.1, -0.05) is 48.7 Å². The van der Waals surface area contributed by atoms with Gasteiger partial charge in [0.2, 0.25) is 0 Å². The Kier molecular flexibility index (Phi) is 5.60. The molecule has 1 aliphatic heterocycles. The number of nitrogens with one attached hydrogen (secondary N) is 1. The molecule has 4 rings (SSSR count). The highest BCUT2D eigenvalue weighted by Gasteiger charge is 2.47. The van der Waals surface area contributed by atoms with E-state index in [2.05, 4.69) is 59.8 Å². The molecular formula is C24H32N2O. The van der Waals surface area contributed by atoms with Crippen LogP contribution in [0.2, 0.25) is 0 Å². The lowest BCUT2D eigenvalue weighted by Gasteiger charge is -2.47. The first-order valence-corrected chi connectivity index (χ1v) is 10.5. The molecule has 2 aliphatic rings. The highest BCUT2D eigenvalue weighted by Crippen LogP contribution is 2.49. The van der Waals surface area contributed by atoms with Crippen LogP contribution in [0.15, 0.2) is 48.8 Å². The summed E-state index contributed by atoms with van der Waals surface area (Å²) >= 11 is 0. The van der Waals surface area contributed by atoms with Crippen LogP contribution < -0.4 is 5.32 Å². The number of pyridine rings is 1. The van der Waals surface area contributed by atoms with Gasteiger partial charge in [0.1, 0.15) is 0 Å². The quantitative estimate of drug-likeness (QED) is 0.738. The Hall–Kier alpha value is -1.71. The first kappa shape index (κ1) is 18.6. The van der Waals surface area contributed by atoms with E-state index in [0.717, 1.165) is 39.0 Å². The molecule has 1 atom stereocenters. The van der Waals surface area contributed by atoms with Crippen molar-refractivity contribution in [3.05, 3.63) is 65.5 Å². The van der Waals surface area contributed by atoms with Gasteiger partial charge in [0, 0.05) is 31.0 Å². The standard InChI is InChI=1S/C24H32N2O/c1-20-6-4-7-21(16-20)17-26-14-11-23(22-8-5-13-25-18-22)12-15-27-24(19-23)9-2-3-10-24/h4-8,13,16,18,26H,2-3,9-12,14-15,17,19H2,1H3/t23-/m0/s1. The number of ether oxygens (including phenoxy) is 1. The molecule has 0 radical (unpaired) electrons. The number of nitrogens with zero attached hydrogens (tertiary/aromatic N) is 1. The van der Waals surface area contributed by atoms with Crippen LogP contribution >= 0.6 is 0 Å². The molecule has 0 amide bonds. The molecule has 3 heteroatoms. The van der Waals surface area contributed by atoms with Crippen molar-refractivity contribution in [2.24, 2.45) is 0 Å². The van der Waals surface area contributed by atoms with Gasteiger partial charge in [-0.05, 0) is 62.8 Å². The fourth-order valence-corrected chi connectivity index (χ4v) is 5.22. The molecule has 1 aromatic carbocycles. The lowest BCUT2D eigenvalue weighted by Crippen LogP contribution is -2.47. The summed E-state index contributed by atoms with van der Waals surface area (Å²) in [7, 11) is 0. The Balaban J connectivity index is 1.45. The average molecular weight is 365 g/mol. The number of aryl methyl sites for hydroxylation is 1. The first-order valence-electron chi connectivity index (χ1n) is 10.5. The molecule has 2 heterocycles. The summed E-state index contributed by atoms with van der Waals surface area (Å²) in [6, 6.07) is 13.1. The van der Waals surface area contributed by atoms with Crippen LogP contribution in [0.1, 0.15) is 61.6 Å². The Morgan fingerprint density at radius 3 is 2.78 bits per heavy atom. The highest BCUT2D eigenvalue weighted by molar-refractivity contribution is 5.25. The van der Waals surface area contributed by atoms with Crippen molar-refractivity contribution in [3.63, 3.8) is 0 Å². The summed E-state index contributed by atoms with van der Waals surface area (Å²) in [6.45, 7) is 5.00. The summed E-state index contributed by atoms with van der Waals surface area (Å²) in [5.74, 6) is 0. The largest absolute Gasteiger partial charge is 0.375 e. The van der Waals surface area contributed by atoms with Crippen LogP contribution in [0.5, 0.6) is 0 Å². The van der Waals surface area contributed by atoms with E-state index in [-0.39, 0.29) is 11.0 Å². The zero-order valence-electron chi connectivity index (χ0n) is 16.5. The Morgan fingerprint density at radius 1 is 1.11 bits per heavy atom. The van der Waals surface area contributed by atoms with Gasteiger partial charge in [0.05, 0.1) is 5.60 Å². The molecule has 1 saturated carbocycles. The number of benzene rings is 1. The molecule has 1 saturated heterocycles. The average Bonchev–Trinajstić information content (AvgIpc) is 3.13. The van der Waals surface area contributed by atoms with Crippen molar-refractivity contribution < 1.29 is 4.74 Å². The molecule has 2 aromatic rings. The Bertz CT molecular complexity index is 739. The van der Waals surface area contributed by atoms with Gasteiger partial charge in [-0.15, -0.1) is 0 Å². The van der Waals surface area contributed by atoms with E-state index in [9.17, 15) is 0 Å². The predicted octanol–water partition coefficient (Wildman–Crippen LogP) is 4.93. The number of aromatic nitrogens is 1. The maximum absolute atomic E-state index is 6.35. The van der Waals surface area contributed by atoms with Gasteiger partial charge in [0.15, 0.2) is 0 Å². The van der Waals surface area contributed by atoms with E-state index >= 15 is 0 Å². The predicted molar refractivity (Wildman–Crippen MR) is 110 cm³/mol. The summed E-state index contributed by atoms with van der Waals surface area (Å²) in [5, 5.41) is 3.69. The molecular weight excluding hydrogens is 332 g/mol. The molecule has 2 fully saturated rings. The van der Waals surface area contributed by atoms with Crippen molar-refractivity contribution in [2.75, 3.05) is 13.2 Å². The maximum atomic E-state index is 6.35. The van der Waals surface area contributed by atoms with Crippen LogP contribution in [-0.2, 0) is 16.7 Å². The molecule has 1 aromatic heterocycles. The van der Waals surface area contributed by atoms with Gasteiger partial charge in [-0.25, -0.2) is 0 Å². The second-order valence-corrected chi connectivity index (χ2v) is 8.60. The van der Waals surface area contributed by atoms with E-state index in [1.54, 1.807) is 0 Å². The molecule has 1 aliphatic carbocycles. The second-order valence-electron chi connectivity index (χ2n) is 8.60. The fourth-order valence-electron chi connectivity index (χ4n) is 5.22. The zero-order chi connectivity index (χ0) is 18.6. The monoisotopic (exact) mass is 364 g/mol. The minimum atomic E-state index is 0.116. The second kappa shape index (κ2) is 8.12. The third kappa shape index (κ3) is 4.25. The van der Waals surface area contributed by atoms with E-state index in [1.807, 2.05) is 6.20 Å². The van der Waals surface area contributed by atoms with Crippen molar-refractivity contribution in [1.29, 1.82) is 0 Å². The normalized spacial score (nSPS) is 24.3. The summed E-state index contributed by atoms with van der Waals surface area (Å²) in [5.41, 5.74) is 4.40. The fraction of sp³-hybridized carbons (Fsp3) is 0.542. The van der Waals surface area contributed by atoms with Crippen molar-refractivity contribution in [1.82, 2.24) is 10.3 Å². The molecule has 3 nitrogen and oxygen atoms in total. The lowest BCUT2D eigenvalue weighted by atomic mass is 9.66. The molecule has 144 valence electrons. The van der Waals surface area contributed by atoms with Crippen LogP contribution in [-0.4, -0.2) is 23.7 Å². The molecule has 1 spiro atoms. The lowest BCUT2D eigenvalue weighted by molar-refractivity contribution is -0.103. The van der Waals surface area contributed by atoms with Gasteiger partial charge in [-0.3, -0.25) is 4.98 Å². The molecule has 1 N–H and O–H groups in total. The summed E-state index contributed by atoms with van der Waals surface area (Å²) < 4.78 is 6.35. The SMILES string of the molecule is Cc1cccc(CNCC[C@]2(c3cccnc3)CCOC3(CCCC3)C2)c1. The van der Waals surface area contributed by atoms with E-state index in [1.165, 1.54) is 42.4 Å². The highest BCUT2D eigenvalue weighted by atomic mass is 16.5. The summed E-state index contributed by atoms with van der Waals surface area (Å²) in [4.78, 5) is 4.44. The third-order valence-electron chi connectivity index (χ3n) is 6.63. The third-order valence-corrected chi connectivity index (χ3v) is 6.63. The summed E-state index contributed by atoms with van der Waals surface area (Å²) in [6.07, 6.45) is 12.5. The molecule has 0 bridgehead atoms. The minimum absolute atomic E-state index is 0.116. The van der Waals surface area contributed by atoms with Crippen LogP contribution in [0, 0.1) is 6.92 Å². The number of hydrogen-bond acceptors (Lipinski definition) is 3. The van der Waals surface area contributed by atoms with E-state index < -0.39 is 0 Å². The van der Waals surface area contributed by atoms with Crippen molar-refractivity contribution in [3.8, 4) is 0 Å². The minimum Gasteiger partial charge on any atom is -0.375 e. The van der Waals surface area contributed by atoms with Gasteiger partial charge >= 0.3 is 0 Å². The Morgan fingerprint density at radius 2 is 2.00 bits per heavy atom. The van der Waals surface area contributed by atoms with Gasteiger partial charge < -0.3 is 10.1 Å². The number of hydrogen-bond donors (Lipinski definition) is 1. The van der Waals surface area contributed by atoms with E-state index in [4.69, 9.17) is 4.74 Å². The van der Waals surface area contributed by atoms with Crippen LogP contribution in [0.3, 0.4) is 0 Å². The van der Waals surface area contributed by atoms with Gasteiger partial charge in [0.25, 0.3) is 0 Å². The first-order chi connectivity index (χ1) is 13.2. The maximum Gasteiger partial charge on any atom is 0.0691 e. The number of rotatable bonds is 6. The van der Waals surface area contributed by atoms with Crippen LogP contribution in [0.25, 0.3) is 0 Å². The smallest absolute Gasteiger partial charge is 0.0691 e. The van der Waals surface area contributed by atoms with Gasteiger partial charge in [-0.2, -0.15) is 0 Å². The molecule has 27 heavy (non-hydrogen) atoms. The molecule has 0 unspecified atom stereocenters. The topological polar surface area (TPSA) is 34.2 Å². The van der Waals surface area contributed by atoms with Crippen molar-refractivity contribution >= 4 is 0 Å². The van der Waals surface area contributed by atoms with Crippen LogP contribution in [0.4, 0.5) is 0 Å². The Labute approximate surface area is 163 Å². The zero-order valence-corrected chi connectivity index (χ0v) is 16.5. The van der Waals surface area contributed by atoms with E-state index in [0.29, 0.717) is 0 Å².